The molecule has 2 atom stereocenters. The van der Waals surface area contributed by atoms with E-state index < -0.39 is 0 Å². The van der Waals surface area contributed by atoms with Crippen molar-refractivity contribution in [2.45, 2.75) is 37.5 Å². The molecule has 3 aromatic rings. The highest BCUT2D eigenvalue weighted by Gasteiger charge is 2.50. The number of carbonyl (C=O) groups excluding carboxylic acids is 1. The Labute approximate surface area is 191 Å². The standard InChI is InChI=1S/C26H27BrN2O2/c1-31-19-5-2-4-17(12-19)26-10-11-29(25(30)16-8-9-16)15-18(26)13-21-20-6-3-7-22(27)24(20)28-23(21)14-26/h2-7,12,16,18,28H,8-11,13-15H2,1H3/t18?,26-/m1/s1. The van der Waals surface area contributed by atoms with Gasteiger partial charge in [0.2, 0.25) is 5.91 Å². The largest absolute Gasteiger partial charge is 0.497 e. The van der Waals surface area contributed by atoms with Crippen molar-refractivity contribution in [2.75, 3.05) is 20.2 Å². The number of hydrogen-bond acceptors (Lipinski definition) is 2. The molecule has 1 aliphatic heterocycles. The molecule has 5 heteroatoms. The molecule has 1 unspecified atom stereocenters. The van der Waals surface area contributed by atoms with Crippen LogP contribution >= 0.6 is 15.9 Å². The lowest BCUT2D eigenvalue weighted by molar-refractivity contribution is -0.135. The number of nitrogens with one attached hydrogen (secondary N) is 1. The molecule has 3 aliphatic rings. The maximum atomic E-state index is 12.9. The van der Waals surface area contributed by atoms with Gasteiger partial charge in [-0.2, -0.15) is 0 Å². The van der Waals surface area contributed by atoms with Crippen LogP contribution in [0.2, 0.25) is 0 Å². The van der Waals surface area contributed by atoms with Crippen molar-refractivity contribution < 1.29 is 9.53 Å². The van der Waals surface area contributed by atoms with Gasteiger partial charge in [0.1, 0.15) is 5.75 Å². The van der Waals surface area contributed by atoms with E-state index in [9.17, 15) is 4.79 Å². The van der Waals surface area contributed by atoms with Crippen molar-refractivity contribution in [1.82, 2.24) is 9.88 Å². The molecule has 1 amide bonds. The number of hydrogen-bond donors (Lipinski definition) is 1. The molecule has 1 saturated carbocycles. The number of nitrogens with zero attached hydrogens (tertiary/aromatic N) is 1. The SMILES string of the molecule is COc1cccc([C@]23CCN(C(=O)C4CC4)CC2Cc2c([nH]c4c(Br)cccc24)C3)c1. The van der Waals surface area contributed by atoms with Gasteiger partial charge in [0.25, 0.3) is 0 Å². The van der Waals surface area contributed by atoms with Crippen LogP contribution in [0.1, 0.15) is 36.1 Å². The Morgan fingerprint density at radius 1 is 1.23 bits per heavy atom. The van der Waals surface area contributed by atoms with Gasteiger partial charge in [-0.05, 0) is 83.3 Å². The molecule has 1 aromatic heterocycles. The number of piperidine rings is 1. The second kappa shape index (κ2) is 7.13. The van der Waals surface area contributed by atoms with Crippen molar-refractivity contribution in [2.24, 2.45) is 11.8 Å². The minimum atomic E-state index is 0.0230. The number of aromatic amines is 1. The maximum Gasteiger partial charge on any atom is 0.225 e. The summed E-state index contributed by atoms with van der Waals surface area (Å²) in [6.07, 6.45) is 5.12. The lowest BCUT2D eigenvalue weighted by Crippen LogP contribution is -2.55. The third-order valence-corrected chi connectivity index (χ3v) is 8.52. The summed E-state index contributed by atoms with van der Waals surface area (Å²) < 4.78 is 6.69. The number of ether oxygens (including phenoxy) is 1. The highest BCUT2D eigenvalue weighted by Crippen LogP contribution is 2.50. The number of likely N-dealkylation sites (tertiary alicyclic amines) is 1. The molecule has 4 nitrogen and oxygen atoms in total. The second-order valence-corrected chi connectivity index (χ2v) is 10.4. The Hall–Kier alpha value is -2.27. The lowest BCUT2D eigenvalue weighted by atomic mass is 9.58. The minimum absolute atomic E-state index is 0.0230. The first-order valence-electron chi connectivity index (χ1n) is 11.3. The van der Waals surface area contributed by atoms with Gasteiger partial charge in [0, 0.05) is 40.0 Å². The fourth-order valence-corrected chi connectivity index (χ4v) is 6.47. The summed E-state index contributed by atoms with van der Waals surface area (Å²) in [4.78, 5) is 18.8. The summed E-state index contributed by atoms with van der Waals surface area (Å²) in [6.45, 7) is 1.70. The number of para-hydroxylation sites is 1. The van der Waals surface area contributed by atoms with E-state index in [-0.39, 0.29) is 11.3 Å². The normalized spacial score (nSPS) is 25.2. The highest BCUT2D eigenvalue weighted by molar-refractivity contribution is 9.10. The Balaban J connectivity index is 1.46. The monoisotopic (exact) mass is 478 g/mol. The Kier molecular flexibility index (Phi) is 4.46. The average Bonchev–Trinajstić information content (AvgIpc) is 3.59. The summed E-state index contributed by atoms with van der Waals surface area (Å²) in [7, 11) is 1.74. The van der Waals surface area contributed by atoms with Crippen molar-refractivity contribution in [3.8, 4) is 5.75 Å². The number of aromatic nitrogens is 1. The van der Waals surface area contributed by atoms with E-state index in [1.165, 1.54) is 27.7 Å². The number of H-pyrrole nitrogens is 1. The van der Waals surface area contributed by atoms with Gasteiger partial charge >= 0.3 is 0 Å². The molecule has 2 aliphatic carbocycles. The predicted octanol–water partition coefficient (Wildman–Crippen LogP) is 5.23. The van der Waals surface area contributed by atoms with Gasteiger partial charge in [0.15, 0.2) is 0 Å². The summed E-state index contributed by atoms with van der Waals surface area (Å²) in [5, 5.41) is 1.31. The number of amides is 1. The Morgan fingerprint density at radius 2 is 2.06 bits per heavy atom. The first-order valence-corrected chi connectivity index (χ1v) is 12.1. The number of benzene rings is 2. The Bertz CT molecular complexity index is 1180. The van der Waals surface area contributed by atoms with E-state index in [0.29, 0.717) is 11.8 Å². The Morgan fingerprint density at radius 3 is 2.87 bits per heavy atom. The molecular formula is C26H27BrN2O2. The van der Waals surface area contributed by atoms with Gasteiger partial charge in [-0.15, -0.1) is 0 Å². The number of methoxy groups -OCH3 is 1. The van der Waals surface area contributed by atoms with Gasteiger partial charge in [0.05, 0.1) is 12.6 Å². The molecule has 2 fully saturated rings. The molecule has 2 aromatic carbocycles. The first-order chi connectivity index (χ1) is 15.1. The van der Waals surface area contributed by atoms with Crippen LogP contribution in [-0.4, -0.2) is 36.0 Å². The van der Waals surface area contributed by atoms with Gasteiger partial charge in [-0.1, -0.05) is 24.3 Å². The van der Waals surface area contributed by atoms with Crippen molar-refractivity contribution in [3.63, 3.8) is 0 Å². The fourth-order valence-electron chi connectivity index (χ4n) is 6.00. The molecule has 6 rings (SSSR count). The molecular weight excluding hydrogens is 452 g/mol. The maximum absolute atomic E-state index is 12.9. The number of halogens is 1. The van der Waals surface area contributed by atoms with E-state index in [0.717, 1.165) is 55.4 Å². The quantitative estimate of drug-likeness (QED) is 0.559. The molecule has 0 radical (unpaired) electrons. The van der Waals surface area contributed by atoms with Gasteiger partial charge in [-0.3, -0.25) is 4.79 Å². The van der Waals surface area contributed by atoms with Crippen molar-refractivity contribution in [1.29, 1.82) is 0 Å². The minimum Gasteiger partial charge on any atom is -0.497 e. The first kappa shape index (κ1) is 19.4. The molecule has 31 heavy (non-hydrogen) atoms. The topological polar surface area (TPSA) is 45.3 Å². The van der Waals surface area contributed by atoms with Crippen LogP contribution in [0, 0.1) is 11.8 Å². The van der Waals surface area contributed by atoms with Crippen LogP contribution in [0.25, 0.3) is 10.9 Å². The molecule has 0 bridgehead atoms. The van der Waals surface area contributed by atoms with Crippen LogP contribution in [0.3, 0.4) is 0 Å². The zero-order valence-electron chi connectivity index (χ0n) is 17.8. The summed E-state index contributed by atoms with van der Waals surface area (Å²) >= 11 is 3.73. The highest BCUT2D eigenvalue weighted by atomic mass is 79.9. The molecule has 2 heterocycles. The number of rotatable bonds is 3. The van der Waals surface area contributed by atoms with Crippen LogP contribution in [0.4, 0.5) is 0 Å². The lowest BCUT2D eigenvalue weighted by Gasteiger charge is -2.51. The van der Waals surface area contributed by atoms with Crippen LogP contribution < -0.4 is 4.74 Å². The van der Waals surface area contributed by atoms with Crippen LogP contribution in [0.15, 0.2) is 46.9 Å². The summed E-state index contributed by atoms with van der Waals surface area (Å²) in [5.74, 6) is 1.98. The fraction of sp³-hybridized carbons (Fsp3) is 0.423. The van der Waals surface area contributed by atoms with E-state index in [1.807, 2.05) is 6.07 Å². The van der Waals surface area contributed by atoms with E-state index >= 15 is 0 Å². The van der Waals surface area contributed by atoms with Crippen LogP contribution in [0.5, 0.6) is 5.75 Å². The van der Waals surface area contributed by atoms with E-state index in [1.54, 1.807) is 7.11 Å². The second-order valence-electron chi connectivity index (χ2n) is 9.52. The van der Waals surface area contributed by atoms with Crippen LogP contribution in [-0.2, 0) is 23.1 Å². The van der Waals surface area contributed by atoms with E-state index in [2.05, 4.69) is 62.2 Å². The molecule has 1 saturated heterocycles. The van der Waals surface area contributed by atoms with Crippen molar-refractivity contribution >= 4 is 32.7 Å². The number of carbonyl (C=O) groups is 1. The zero-order valence-corrected chi connectivity index (χ0v) is 19.4. The van der Waals surface area contributed by atoms with Gasteiger partial charge in [-0.25, -0.2) is 0 Å². The third-order valence-electron chi connectivity index (χ3n) is 7.85. The summed E-state index contributed by atoms with van der Waals surface area (Å²) in [6, 6.07) is 15.1. The van der Waals surface area contributed by atoms with Gasteiger partial charge < -0.3 is 14.6 Å². The van der Waals surface area contributed by atoms with Crippen molar-refractivity contribution in [3.05, 3.63) is 63.8 Å². The zero-order chi connectivity index (χ0) is 21.2. The molecule has 1 N–H and O–H groups in total. The molecule has 160 valence electrons. The van der Waals surface area contributed by atoms with E-state index in [4.69, 9.17) is 4.74 Å². The average molecular weight is 479 g/mol. The predicted molar refractivity (Wildman–Crippen MR) is 125 cm³/mol. The summed E-state index contributed by atoms with van der Waals surface area (Å²) in [5.41, 5.74) is 5.34. The smallest absolute Gasteiger partial charge is 0.225 e. The number of fused-ring (bicyclic) bond motifs is 4. The molecule has 0 spiro atoms. The third kappa shape index (κ3) is 3.04.